The van der Waals surface area contributed by atoms with E-state index in [9.17, 15) is 9.59 Å². The summed E-state index contributed by atoms with van der Waals surface area (Å²) in [6, 6.07) is 5.80. The fourth-order valence-corrected chi connectivity index (χ4v) is 2.49. The summed E-state index contributed by atoms with van der Waals surface area (Å²) in [7, 11) is 0. The summed E-state index contributed by atoms with van der Waals surface area (Å²) in [5.41, 5.74) is 6.75. The molecule has 2 amide bonds. The lowest BCUT2D eigenvalue weighted by molar-refractivity contribution is -0.130. The molecule has 1 aromatic carbocycles. The molecule has 0 aromatic heterocycles. The first kappa shape index (κ1) is 16.1. The number of nitrogens with one attached hydrogen (secondary N) is 2. The molecule has 1 aliphatic carbocycles. The van der Waals surface area contributed by atoms with Gasteiger partial charge in [0.1, 0.15) is 5.75 Å². The molecule has 0 aliphatic heterocycles. The number of hydrazine groups is 1. The molecule has 118 valence electrons. The van der Waals surface area contributed by atoms with Gasteiger partial charge in [0, 0.05) is 6.42 Å². The Balaban J connectivity index is 1.71. The first-order chi connectivity index (χ1) is 10.6. The van der Waals surface area contributed by atoms with Crippen molar-refractivity contribution in [1.82, 2.24) is 10.9 Å². The van der Waals surface area contributed by atoms with Crippen molar-refractivity contribution in [2.75, 3.05) is 6.61 Å². The van der Waals surface area contributed by atoms with Crippen LogP contribution in [0.15, 0.2) is 30.4 Å². The summed E-state index contributed by atoms with van der Waals surface area (Å²) in [6.07, 6.45) is 6.54. The smallest absolute Gasteiger partial charge is 0.276 e. The third-order valence-electron chi connectivity index (χ3n) is 3.66. The highest BCUT2D eigenvalue weighted by Gasteiger charge is 2.14. The maximum absolute atomic E-state index is 11.7. The molecule has 0 saturated heterocycles. The van der Waals surface area contributed by atoms with E-state index in [1.165, 1.54) is 0 Å². The Hall–Kier alpha value is -2.30. The predicted molar refractivity (Wildman–Crippen MR) is 84.2 cm³/mol. The van der Waals surface area contributed by atoms with E-state index in [2.05, 4.69) is 16.9 Å². The first-order valence-electron chi connectivity index (χ1n) is 7.49. The van der Waals surface area contributed by atoms with Gasteiger partial charge in [0.05, 0.1) is 0 Å². The number of amides is 2. The van der Waals surface area contributed by atoms with E-state index in [4.69, 9.17) is 4.74 Å². The molecule has 0 heterocycles. The highest BCUT2D eigenvalue weighted by atomic mass is 16.5. The zero-order valence-electron chi connectivity index (χ0n) is 13.0. The van der Waals surface area contributed by atoms with Gasteiger partial charge in [-0.05, 0) is 43.7 Å². The Bertz CT molecular complexity index is 561. The average Bonchev–Trinajstić information content (AvgIpc) is 2.97. The Labute approximate surface area is 130 Å². The molecule has 0 saturated carbocycles. The van der Waals surface area contributed by atoms with Crippen molar-refractivity contribution in [2.24, 2.45) is 5.92 Å². The molecule has 0 bridgehead atoms. The van der Waals surface area contributed by atoms with Crippen molar-refractivity contribution >= 4 is 11.8 Å². The number of aryl methyl sites for hydroxylation is 2. The molecular weight excluding hydrogens is 280 g/mol. The van der Waals surface area contributed by atoms with Crippen molar-refractivity contribution in [3.05, 3.63) is 41.5 Å². The number of carbonyl (C=O) groups excluding carboxylic acids is 2. The number of benzene rings is 1. The molecular formula is C17H22N2O3. The largest absolute Gasteiger partial charge is 0.483 e. The quantitative estimate of drug-likeness (QED) is 0.647. The fourth-order valence-electron chi connectivity index (χ4n) is 2.49. The van der Waals surface area contributed by atoms with Crippen molar-refractivity contribution < 1.29 is 14.3 Å². The summed E-state index contributed by atoms with van der Waals surface area (Å²) in [5.74, 6) is 0.428. The van der Waals surface area contributed by atoms with Gasteiger partial charge in [-0.3, -0.25) is 20.4 Å². The molecule has 0 radical (unpaired) electrons. The van der Waals surface area contributed by atoms with E-state index >= 15 is 0 Å². The van der Waals surface area contributed by atoms with Gasteiger partial charge in [-0.1, -0.05) is 30.4 Å². The molecule has 5 heteroatoms. The minimum atomic E-state index is -0.377. The molecule has 2 rings (SSSR count). The average molecular weight is 302 g/mol. The second-order valence-corrected chi connectivity index (χ2v) is 5.58. The molecule has 0 spiro atoms. The number of hydrogen-bond donors (Lipinski definition) is 2. The van der Waals surface area contributed by atoms with Crippen LogP contribution in [0.5, 0.6) is 5.75 Å². The zero-order chi connectivity index (χ0) is 15.9. The van der Waals surface area contributed by atoms with E-state index < -0.39 is 0 Å². The fraction of sp³-hybridized carbons (Fsp3) is 0.412. The molecule has 5 nitrogen and oxygen atoms in total. The Morgan fingerprint density at radius 3 is 2.50 bits per heavy atom. The van der Waals surface area contributed by atoms with E-state index in [1.807, 2.05) is 38.1 Å². The highest BCUT2D eigenvalue weighted by Crippen LogP contribution is 2.22. The third kappa shape index (κ3) is 4.62. The maximum atomic E-state index is 11.7. The van der Waals surface area contributed by atoms with Crippen molar-refractivity contribution in [2.45, 2.75) is 33.1 Å². The SMILES string of the molecule is Cc1cccc(C)c1OCC(=O)NNC(=O)C[C@@H]1C=CCC1. The molecule has 1 aromatic rings. The predicted octanol–water partition coefficient (Wildman–Crippen LogP) is 2.19. The van der Waals surface area contributed by atoms with Crippen LogP contribution in [-0.2, 0) is 9.59 Å². The van der Waals surface area contributed by atoms with Gasteiger partial charge < -0.3 is 4.74 Å². The minimum absolute atomic E-state index is 0.130. The van der Waals surface area contributed by atoms with Gasteiger partial charge in [0.25, 0.3) is 5.91 Å². The Morgan fingerprint density at radius 1 is 1.18 bits per heavy atom. The van der Waals surface area contributed by atoms with E-state index in [-0.39, 0.29) is 24.3 Å². The van der Waals surface area contributed by atoms with Crippen LogP contribution < -0.4 is 15.6 Å². The van der Waals surface area contributed by atoms with Crippen LogP contribution in [0.2, 0.25) is 0 Å². The van der Waals surface area contributed by atoms with Crippen LogP contribution in [-0.4, -0.2) is 18.4 Å². The summed E-state index contributed by atoms with van der Waals surface area (Å²) in [5, 5.41) is 0. The van der Waals surface area contributed by atoms with Gasteiger partial charge in [-0.2, -0.15) is 0 Å². The van der Waals surface area contributed by atoms with Crippen LogP contribution in [0, 0.1) is 19.8 Å². The van der Waals surface area contributed by atoms with E-state index in [0.29, 0.717) is 12.2 Å². The zero-order valence-corrected chi connectivity index (χ0v) is 13.0. The topological polar surface area (TPSA) is 67.4 Å². The molecule has 1 atom stereocenters. The second kappa shape index (κ2) is 7.64. The van der Waals surface area contributed by atoms with Crippen LogP contribution in [0.1, 0.15) is 30.4 Å². The van der Waals surface area contributed by atoms with Crippen molar-refractivity contribution in [1.29, 1.82) is 0 Å². The number of para-hydroxylation sites is 1. The van der Waals surface area contributed by atoms with Crippen LogP contribution in [0.4, 0.5) is 0 Å². The lowest BCUT2D eigenvalue weighted by atomic mass is 10.1. The summed E-state index contributed by atoms with van der Waals surface area (Å²) < 4.78 is 5.52. The van der Waals surface area contributed by atoms with Crippen LogP contribution in [0.25, 0.3) is 0 Å². The van der Waals surface area contributed by atoms with Gasteiger partial charge >= 0.3 is 0 Å². The molecule has 1 aliphatic rings. The maximum Gasteiger partial charge on any atom is 0.276 e. The lowest BCUT2D eigenvalue weighted by Crippen LogP contribution is -2.44. The van der Waals surface area contributed by atoms with Crippen LogP contribution in [0.3, 0.4) is 0 Å². The normalized spacial score (nSPS) is 16.4. The summed E-state index contributed by atoms with van der Waals surface area (Å²) in [6.45, 7) is 3.73. The number of carbonyl (C=O) groups is 2. The van der Waals surface area contributed by atoms with Gasteiger partial charge in [0.2, 0.25) is 5.91 Å². The van der Waals surface area contributed by atoms with Crippen molar-refractivity contribution in [3.8, 4) is 5.75 Å². The number of hydrogen-bond acceptors (Lipinski definition) is 3. The number of rotatable bonds is 5. The molecule has 22 heavy (non-hydrogen) atoms. The number of allylic oxidation sites excluding steroid dienone is 2. The summed E-state index contributed by atoms with van der Waals surface area (Å²) >= 11 is 0. The monoisotopic (exact) mass is 302 g/mol. The summed E-state index contributed by atoms with van der Waals surface area (Å²) in [4.78, 5) is 23.4. The lowest BCUT2D eigenvalue weighted by Gasteiger charge is -2.13. The van der Waals surface area contributed by atoms with E-state index in [1.54, 1.807) is 0 Å². The standard InChI is InChI=1S/C17H22N2O3/c1-12-6-5-7-13(2)17(12)22-11-16(21)19-18-15(20)10-14-8-3-4-9-14/h3,5-8,14H,4,9-11H2,1-2H3,(H,18,20)(H,19,21)/t14-/m1/s1. The highest BCUT2D eigenvalue weighted by molar-refractivity contribution is 5.83. The number of ether oxygens (including phenoxy) is 1. The first-order valence-corrected chi connectivity index (χ1v) is 7.49. The minimum Gasteiger partial charge on any atom is -0.483 e. The van der Waals surface area contributed by atoms with Gasteiger partial charge in [-0.25, -0.2) is 0 Å². The van der Waals surface area contributed by atoms with Crippen LogP contribution >= 0.6 is 0 Å². The Kier molecular flexibility index (Phi) is 5.58. The van der Waals surface area contributed by atoms with Gasteiger partial charge in [-0.15, -0.1) is 0 Å². The second-order valence-electron chi connectivity index (χ2n) is 5.58. The molecule has 0 fully saturated rings. The van der Waals surface area contributed by atoms with Crippen molar-refractivity contribution in [3.63, 3.8) is 0 Å². The van der Waals surface area contributed by atoms with Gasteiger partial charge in [0.15, 0.2) is 6.61 Å². The molecule has 0 unspecified atom stereocenters. The molecule has 2 N–H and O–H groups in total. The Morgan fingerprint density at radius 2 is 1.86 bits per heavy atom. The van der Waals surface area contributed by atoms with E-state index in [0.717, 1.165) is 24.0 Å². The third-order valence-corrected chi connectivity index (χ3v) is 3.66.